The van der Waals surface area contributed by atoms with E-state index >= 15 is 0 Å². The molecule has 1 aliphatic heterocycles. The standard InChI is InChI=1S/C17H17N5O5S/c23-6-10-5-12(24)16(27-10)22-8-20-13-14(18-7-19-15(13)22)21-28-11-3-1-9(2-4-11)17(25)26/h1-4,7-8,10,12,16,23-24H,5-6H2,(H,25,26)(H,18,19,21)/t10-,12+,16+/m0/s1. The summed E-state index contributed by atoms with van der Waals surface area (Å²) in [6, 6.07) is 6.42. The second kappa shape index (κ2) is 7.72. The third kappa shape index (κ3) is 3.52. The number of benzene rings is 1. The molecule has 0 aliphatic carbocycles. The van der Waals surface area contributed by atoms with E-state index in [2.05, 4.69) is 19.7 Å². The molecule has 0 spiro atoms. The van der Waals surface area contributed by atoms with Gasteiger partial charge in [0.25, 0.3) is 0 Å². The van der Waals surface area contributed by atoms with Crippen LogP contribution in [0.3, 0.4) is 0 Å². The van der Waals surface area contributed by atoms with Crippen molar-refractivity contribution in [1.29, 1.82) is 0 Å². The van der Waals surface area contributed by atoms with E-state index in [0.29, 0.717) is 23.4 Å². The molecule has 11 heteroatoms. The number of ether oxygens (including phenoxy) is 1. The second-order valence-corrected chi connectivity index (χ2v) is 7.09. The normalized spacial score (nSPS) is 21.9. The van der Waals surface area contributed by atoms with Gasteiger partial charge in [-0.25, -0.2) is 19.7 Å². The first kappa shape index (κ1) is 18.6. The number of nitrogens with one attached hydrogen (secondary N) is 1. The molecule has 1 aliphatic rings. The first-order valence-corrected chi connectivity index (χ1v) is 9.26. The van der Waals surface area contributed by atoms with Crippen molar-refractivity contribution < 1.29 is 24.9 Å². The van der Waals surface area contributed by atoms with Gasteiger partial charge in [-0.1, -0.05) is 0 Å². The van der Waals surface area contributed by atoms with E-state index in [1.54, 1.807) is 16.7 Å². The van der Waals surface area contributed by atoms with Crippen LogP contribution in [0.1, 0.15) is 23.0 Å². The van der Waals surface area contributed by atoms with Gasteiger partial charge in [0.05, 0.1) is 24.6 Å². The summed E-state index contributed by atoms with van der Waals surface area (Å²) in [7, 11) is 0. The molecule has 146 valence electrons. The van der Waals surface area contributed by atoms with Crippen LogP contribution in [-0.4, -0.2) is 59.6 Å². The molecular weight excluding hydrogens is 386 g/mol. The molecule has 3 heterocycles. The molecule has 3 aromatic rings. The minimum Gasteiger partial charge on any atom is -0.478 e. The number of carboxylic acids is 1. The lowest BCUT2D eigenvalue weighted by atomic mass is 10.2. The highest BCUT2D eigenvalue weighted by Crippen LogP contribution is 2.32. The molecule has 4 rings (SSSR count). The molecule has 0 saturated carbocycles. The number of aromatic nitrogens is 4. The average Bonchev–Trinajstić information content (AvgIpc) is 3.29. The summed E-state index contributed by atoms with van der Waals surface area (Å²) >= 11 is 1.26. The van der Waals surface area contributed by atoms with E-state index in [-0.39, 0.29) is 12.2 Å². The monoisotopic (exact) mass is 403 g/mol. The third-order valence-electron chi connectivity index (χ3n) is 4.37. The maximum Gasteiger partial charge on any atom is 0.335 e. The number of carbonyl (C=O) groups is 1. The number of aliphatic hydroxyl groups excluding tert-OH is 2. The lowest BCUT2D eigenvalue weighted by Crippen LogP contribution is -2.19. The topological polar surface area (TPSA) is 143 Å². The summed E-state index contributed by atoms with van der Waals surface area (Å²) in [5, 5.41) is 28.4. The number of aromatic carboxylic acids is 1. The molecule has 0 radical (unpaired) electrons. The predicted molar refractivity (Wildman–Crippen MR) is 99.8 cm³/mol. The molecular formula is C17H17N5O5S. The van der Waals surface area contributed by atoms with Crippen LogP contribution in [0.5, 0.6) is 0 Å². The van der Waals surface area contributed by atoms with Gasteiger partial charge in [0.15, 0.2) is 23.2 Å². The van der Waals surface area contributed by atoms with E-state index in [1.807, 2.05) is 0 Å². The Kier molecular flexibility index (Phi) is 5.13. The lowest BCUT2D eigenvalue weighted by Gasteiger charge is -2.16. The SMILES string of the molecule is O=C(O)c1ccc(SNc2ncnc3c2ncn3[C@@H]2O[C@H](CO)C[C@H]2O)cc1. The Labute approximate surface area is 163 Å². The van der Waals surface area contributed by atoms with Gasteiger partial charge in [0, 0.05) is 11.3 Å². The van der Waals surface area contributed by atoms with Crippen LogP contribution in [0.15, 0.2) is 41.8 Å². The van der Waals surface area contributed by atoms with Crippen molar-refractivity contribution in [3.63, 3.8) is 0 Å². The molecule has 28 heavy (non-hydrogen) atoms. The number of hydrogen-bond acceptors (Lipinski definition) is 9. The van der Waals surface area contributed by atoms with Crippen LogP contribution in [0.2, 0.25) is 0 Å². The van der Waals surface area contributed by atoms with Crippen molar-refractivity contribution in [3.05, 3.63) is 42.5 Å². The number of aliphatic hydroxyl groups is 2. The Bertz CT molecular complexity index is 995. The van der Waals surface area contributed by atoms with Gasteiger partial charge in [0.1, 0.15) is 12.4 Å². The summed E-state index contributed by atoms with van der Waals surface area (Å²) in [4.78, 5) is 24.5. The number of fused-ring (bicyclic) bond motifs is 1. The minimum atomic E-state index is -0.979. The van der Waals surface area contributed by atoms with Crippen LogP contribution in [0, 0.1) is 0 Å². The summed E-state index contributed by atoms with van der Waals surface area (Å²) in [5.41, 5.74) is 1.20. The highest BCUT2D eigenvalue weighted by atomic mass is 32.2. The van der Waals surface area contributed by atoms with E-state index in [9.17, 15) is 15.0 Å². The van der Waals surface area contributed by atoms with Gasteiger partial charge in [-0.05, 0) is 36.2 Å². The van der Waals surface area contributed by atoms with Crippen molar-refractivity contribution in [2.75, 3.05) is 11.3 Å². The van der Waals surface area contributed by atoms with E-state index < -0.39 is 24.4 Å². The number of rotatable bonds is 6. The molecule has 0 unspecified atom stereocenters. The van der Waals surface area contributed by atoms with Crippen LogP contribution < -0.4 is 4.72 Å². The van der Waals surface area contributed by atoms with Crippen LogP contribution in [0.25, 0.3) is 11.2 Å². The Morgan fingerprint density at radius 1 is 1.29 bits per heavy atom. The zero-order valence-corrected chi connectivity index (χ0v) is 15.3. The molecule has 0 bridgehead atoms. The third-order valence-corrected chi connectivity index (χ3v) is 5.17. The average molecular weight is 403 g/mol. The van der Waals surface area contributed by atoms with Gasteiger partial charge >= 0.3 is 5.97 Å². The Morgan fingerprint density at radius 2 is 2.07 bits per heavy atom. The molecule has 1 fully saturated rings. The van der Waals surface area contributed by atoms with Crippen LogP contribution in [-0.2, 0) is 4.74 Å². The molecule has 4 N–H and O–H groups in total. The highest BCUT2D eigenvalue weighted by Gasteiger charge is 2.36. The van der Waals surface area contributed by atoms with Crippen molar-refractivity contribution >= 4 is 34.9 Å². The van der Waals surface area contributed by atoms with Gasteiger partial charge in [0.2, 0.25) is 0 Å². The van der Waals surface area contributed by atoms with E-state index in [0.717, 1.165) is 4.90 Å². The molecule has 2 aromatic heterocycles. The number of carboxylic acid groups (broad SMARTS) is 1. The highest BCUT2D eigenvalue weighted by molar-refractivity contribution is 8.00. The van der Waals surface area contributed by atoms with Crippen LogP contribution in [0.4, 0.5) is 5.82 Å². The van der Waals surface area contributed by atoms with Gasteiger partial charge < -0.3 is 24.8 Å². The largest absolute Gasteiger partial charge is 0.478 e. The number of imidazole rings is 1. The maximum atomic E-state index is 10.9. The Morgan fingerprint density at radius 3 is 2.75 bits per heavy atom. The van der Waals surface area contributed by atoms with Crippen molar-refractivity contribution in [2.24, 2.45) is 0 Å². The molecule has 10 nitrogen and oxygen atoms in total. The quantitative estimate of drug-likeness (QED) is 0.445. The fraction of sp³-hybridized carbons (Fsp3) is 0.294. The first-order valence-electron chi connectivity index (χ1n) is 8.45. The fourth-order valence-corrected chi connectivity index (χ4v) is 3.62. The second-order valence-electron chi connectivity index (χ2n) is 6.21. The summed E-state index contributed by atoms with van der Waals surface area (Å²) < 4.78 is 10.4. The zero-order chi connectivity index (χ0) is 19.7. The number of nitrogens with zero attached hydrogens (tertiary/aromatic N) is 4. The summed E-state index contributed by atoms with van der Waals surface area (Å²) in [5.74, 6) is -0.505. The van der Waals surface area contributed by atoms with Crippen molar-refractivity contribution in [3.8, 4) is 0 Å². The maximum absolute atomic E-state index is 10.9. The Balaban J connectivity index is 1.54. The Hall–Kier alpha value is -2.73. The molecule has 0 amide bonds. The number of hydrogen-bond donors (Lipinski definition) is 4. The molecule has 1 saturated heterocycles. The van der Waals surface area contributed by atoms with Gasteiger partial charge in [-0.15, -0.1) is 0 Å². The van der Waals surface area contributed by atoms with Crippen LogP contribution >= 0.6 is 11.9 Å². The van der Waals surface area contributed by atoms with Crippen molar-refractivity contribution in [1.82, 2.24) is 19.5 Å². The molecule has 3 atom stereocenters. The molecule has 1 aromatic carbocycles. The van der Waals surface area contributed by atoms with E-state index in [1.165, 1.54) is 36.7 Å². The predicted octanol–water partition coefficient (Wildman–Crippen LogP) is 1.28. The first-order chi connectivity index (χ1) is 13.6. The minimum absolute atomic E-state index is 0.167. The number of anilines is 1. The zero-order valence-electron chi connectivity index (χ0n) is 14.5. The lowest BCUT2D eigenvalue weighted by molar-refractivity contribution is -0.0486. The summed E-state index contributed by atoms with van der Waals surface area (Å²) in [6.45, 7) is -0.167. The summed E-state index contributed by atoms with van der Waals surface area (Å²) in [6.07, 6.45) is 1.34. The van der Waals surface area contributed by atoms with Crippen molar-refractivity contribution in [2.45, 2.75) is 29.8 Å². The van der Waals surface area contributed by atoms with Gasteiger partial charge in [-0.2, -0.15) is 0 Å². The smallest absolute Gasteiger partial charge is 0.335 e. The van der Waals surface area contributed by atoms with Gasteiger partial charge in [-0.3, -0.25) is 4.57 Å². The fourth-order valence-electron chi connectivity index (χ4n) is 2.98. The van der Waals surface area contributed by atoms with E-state index in [4.69, 9.17) is 9.84 Å².